The number of nitrogens with two attached hydrogens (primary N) is 1. The molecule has 4 aromatic heterocycles. The fourth-order valence-electron chi connectivity index (χ4n) is 4.89. The van der Waals surface area contributed by atoms with E-state index in [9.17, 15) is 23.8 Å². The molecule has 0 aliphatic carbocycles. The van der Waals surface area contributed by atoms with Crippen LogP contribution in [0.3, 0.4) is 0 Å². The molecule has 2 aliphatic rings. The van der Waals surface area contributed by atoms with Gasteiger partial charge in [0, 0.05) is 0 Å². The van der Waals surface area contributed by atoms with Crippen molar-refractivity contribution in [1.29, 1.82) is 0 Å². The lowest BCUT2D eigenvalue weighted by Gasteiger charge is -2.25. The van der Waals surface area contributed by atoms with E-state index in [1.807, 2.05) is 0 Å². The Morgan fingerprint density at radius 2 is 1.87 bits per heavy atom. The molecule has 4 aromatic rings. The Morgan fingerprint density at radius 3 is 2.60 bits per heavy atom. The Hall–Kier alpha value is -2.79. The van der Waals surface area contributed by atoms with Crippen molar-refractivity contribution in [2.45, 2.75) is 49.2 Å². The van der Waals surface area contributed by atoms with Gasteiger partial charge < -0.3 is 29.8 Å². The predicted octanol–water partition coefficient (Wildman–Crippen LogP) is -0.162. The first kappa shape index (κ1) is 32.2. The first-order valence-electron chi connectivity index (χ1n) is 12.6. The number of rotatable bonds is 10. The lowest BCUT2D eigenvalue weighted by molar-refractivity contribution is -0.0539. The van der Waals surface area contributed by atoms with Crippen LogP contribution < -0.4 is 16.9 Å². The summed E-state index contributed by atoms with van der Waals surface area (Å²) in [6, 6.07) is 0. The number of thiol groups is 2. The third kappa shape index (κ3) is 6.06. The van der Waals surface area contributed by atoms with Crippen LogP contribution >= 0.6 is 38.5 Å². The number of aromatic amines is 2. The second-order valence-electron chi connectivity index (χ2n) is 9.60. The lowest BCUT2D eigenvalue weighted by atomic mass is 10.1. The van der Waals surface area contributed by atoms with Gasteiger partial charge in [0.15, 0.2) is 47.1 Å². The molecule has 6 heterocycles. The number of alkyl halides is 2. The molecule has 10 atom stereocenters. The van der Waals surface area contributed by atoms with E-state index in [4.69, 9.17) is 28.8 Å². The molecule has 26 heteroatoms. The quantitative estimate of drug-likeness (QED) is 0.0920. The van der Waals surface area contributed by atoms with Crippen molar-refractivity contribution >= 4 is 66.8 Å². The molecule has 6 rings (SSSR count). The predicted molar refractivity (Wildman–Crippen MR) is 153 cm³/mol. The molecule has 20 nitrogen and oxygen atoms in total. The van der Waals surface area contributed by atoms with Crippen LogP contribution in [0.5, 0.6) is 0 Å². The van der Waals surface area contributed by atoms with Crippen molar-refractivity contribution in [3.8, 4) is 0 Å². The second kappa shape index (κ2) is 12.4. The van der Waals surface area contributed by atoms with Gasteiger partial charge in [0.2, 0.25) is 13.2 Å². The minimum Gasteiger partial charge on any atom is -0.394 e. The number of anilines is 1. The van der Waals surface area contributed by atoms with E-state index in [-0.39, 0.29) is 28.3 Å². The smallest absolute Gasteiger partial charge is 0.386 e. The highest BCUT2D eigenvalue weighted by molar-refractivity contribution is 8.44. The Labute approximate surface area is 258 Å². The van der Waals surface area contributed by atoms with E-state index in [2.05, 4.69) is 59.7 Å². The number of aromatic nitrogens is 9. The molecule has 2 fully saturated rings. The number of hydrogen-bond donors (Lipinski definition) is 6. The summed E-state index contributed by atoms with van der Waals surface area (Å²) in [6.07, 6.45) is -11.5. The minimum absolute atomic E-state index is 0.131. The first-order valence-corrected chi connectivity index (χ1v) is 17.9. The summed E-state index contributed by atoms with van der Waals surface area (Å²) in [5, 5.41) is 17.0. The third-order valence-corrected chi connectivity index (χ3v) is 9.24. The Bertz CT molecular complexity index is 1930. The number of aliphatic hydroxyl groups is 1. The molecule has 2 aliphatic heterocycles. The SMILES string of the molecule is Nc1nc2c(ncn2[C@@H]2O[C@H](CO)[C@@H](F)[C@H]2OP(=O)(S)OC[C@H]2O[C@@H](n3nnc4c(=O)[nH]cnc43)[C@@H](F)[C@@H]2O[PH](=O)S)c(=O)[nH]1. The fourth-order valence-corrected chi connectivity index (χ4v) is 7.22. The monoisotopic (exact) mass is 714 g/mol. The van der Waals surface area contributed by atoms with Crippen molar-refractivity contribution in [1.82, 2.24) is 44.5 Å². The molecular formula is C19H22F2N10O10P2S2. The molecule has 0 radical (unpaired) electrons. The molecular weight excluding hydrogens is 692 g/mol. The van der Waals surface area contributed by atoms with Crippen molar-refractivity contribution < 1.29 is 46.1 Å². The maximum absolute atomic E-state index is 15.6. The van der Waals surface area contributed by atoms with Crippen molar-refractivity contribution in [3.05, 3.63) is 33.4 Å². The van der Waals surface area contributed by atoms with E-state index in [1.165, 1.54) is 0 Å². The van der Waals surface area contributed by atoms with Crippen molar-refractivity contribution in [3.63, 3.8) is 0 Å². The summed E-state index contributed by atoms with van der Waals surface area (Å²) in [5.41, 5.74) is 3.60. The van der Waals surface area contributed by atoms with Gasteiger partial charge in [-0.25, -0.2) is 23.3 Å². The highest BCUT2D eigenvalue weighted by atomic mass is 32.7. The van der Waals surface area contributed by atoms with Crippen LogP contribution in [0.25, 0.3) is 22.3 Å². The average Bonchev–Trinajstić information content (AvgIpc) is 3.73. The van der Waals surface area contributed by atoms with Crippen LogP contribution in [0.4, 0.5) is 14.7 Å². The molecule has 5 N–H and O–H groups in total. The fraction of sp³-hybridized carbons (Fsp3) is 0.526. The molecule has 2 saturated heterocycles. The average molecular weight is 715 g/mol. The molecule has 0 saturated carbocycles. The van der Waals surface area contributed by atoms with Crippen LogP contribution in [0.15, 0.2) is 22.2 Å². The van der Waals surface area contributed by atoms with Crippen LogP contribution in [0.1, 0.15) is 12.5 Å². The maximum Gasteiger partial charge on any atom is 0.386 e. The summed E-state index contributed by atoms with van der Waals surface area (Å²) in [6.45, 7) is -6.17. The number of fused-ring (bicyclic) bond motifs is 2. The standard InChI is InChI=1S/C19H22F2N10O10P2S2/c20-7-5(1-32)38-18(30-4-25-9-14(30)26-19(22)27-16(9)34)12(7)41-43(36,45)37-2-6-11(40-42(35)44)8(21)17(39-6)31-13-10(28-29-31)15(33)24-3-23-13/h3-8,11-12,17-18,32,42H,1-2H2,(H,35,44)(H,36,45)(H,23,24,33)(H3,22,26,27,34)/t5-,6-,7-,8+,11-,12-,17-,18-,43?/m1/s1. The largest absolute Gasteiger partial charge is 0.394 e. The lowest BCUT2D eigenvalue weighted by Crippen LogP contribution is -2.33. The molecule has 0 bridgehead atoms. The number of imidazole rings is 1. The van der Waals surface area contributed by atoms with Gasteiger partial charge >= 0.3 is 6.80 Å². The van der Waals surface area contributed by atoms with Crippen LogP contribution in [0, 0.1) is 0 Å². The summed E-state index contributed by atoms with van der Waals surface area (Å²) < 4.78 is 85.2. The van der Waals surface area contributed by atoms with Crippen molar-refractivity contribution in [2.24, 2.45) is 0 Å². The van der Waals surface area contributed by atoms with Gasteiger partial charge in [0.05, 0.1) is 25.9 Å². The molecule has 244 valence electrons. The zero-order chi connectivity index (χ0) is 32.2. The van der Waals surface area contributed by atoms with Gasteiger partial charge in [-0.05, 0) is 0 Å². The van der Waals surface area contributed by atoms with E-state index in [0.717, 1.165) is 21.9 Å². The second-order valence-corrected chi connectivity index (χ2v) is 14.3. The maximum atomic E-state index is 15.6. The number of hydrogen-bond acceptors (Lipinski definition) is 16. The zero-order valence-corrected chi connectivity index (χ0v) is 25.8. The minimum atomic E-state index is -4.59. The number of H-pyrrole nitrogens is 2. The highest BCUT2D eigenvalue weighted by Crippen LogP contribution is 2.57. The normalized spacial score (nSPS) is 30.7. The number of nitrogen functional groups attached to an aromatic ring is 1. The number of halogens is 2. The Balaban J connectivity index is 1.23. The van der Waals surface area contributed by atoms with E-state index < -0.39 is 87.6 Å². The highest BCUT2D eigenvalue weighted by Gasteiger charge is 2.52. The van der Waals surface area contributed by atoms with E-state index in [0.29, 0.717) is 0 Å². The summed E-state index contributed by atoms with van der Waals surface area (Å²) in [7, 11) is -3.07. The number of aliphatic hydroxyl groups excluding tert-OH is 1. The number of ether oxygens (including phenoxy) is 2. The van der Waals surface area contributed by atoms with Crippen molar-refractivity contribution in [2.75, 3.05) is 18.9 Å². The molecule has 2 unspecified atom stereocenters. The van der Waals surface area contributed by atoms with Gasteiger partial charge in [-0.1, -0.05) is 29.7 Å². The first-order chi connectivity index (χ1) is 21.4. The van der Waals surface area contributed by atoms with Gasteiger partial charge in [-0.2, -0.15) is 9.67 Å². The van der Waals surface area contributed by atoms with E-state index in [1.54, 1.807) is 0 Å². The molecule has 0 aromatic carbocycles. The third-order valence-electron chi connectivity index (χ3n) is 6.84. The summed E-state index contributed by atoms with van der Waals surface area (Å²) in [4.78, 5) is 40.6. The number of nitrogens with one attached hydrogen (secondary N) is 2. The van der Waals surface area contributed by atoms with Gasteiger partial charge in [0.25, 0.3) is 11.1 Å². The summed E-state index contributed by atoms with van der Waals surface area (Å²) >= 11 is 7.61. The molecule has 0 amide bonds. The number of nitrogens with zero attached hydrogens (tertiary/aromatic N) is 7. The molecule has 45 heavy (non-hydrogen) atoms. The van der Waals surface area contributed by atoms with Gasteiger partial charge in [-0.15, -0.1) is 5.10 Å². The van der Waals surface area contributed by atoms with E-state index >= 15 is 8.78 Å². The Kier molecular flexibility index (Phi) is 8.89. The summed E-state index contributed by atoms with van der Waals surface area (Å²) in [5.74, 6) is -0.286. The topological polar surface area (TPSA) is 267 Å². The van der Waals surface area contributed by atoms with Crippen LogP contribution in [0.2, 0.25) is 0 Å². The van der Waals surface area contributed by atoms with Crippen LogP contribution in [-0.2, 0) is 32.2 Å². The van der Waals surface area contributed by atoms with Crippen LogP contribution in [-0.4, -0.2) is 99.6 Å². The zero-order valence-electron chi connectivity index (χ0n) is 22.1. The van der Waals surface area contributed by atoms with Gasteiger partial charge in [0.1, 0.15) is 24.4 Å². The van der Waals surface area contributed by atoms with Gasteiger partial charge in [-0.3, -0.25) is 32.8 Å². The molecule has 0 spiro atoms. The Morgan fingerprint density at radius 1 is 1.11 bits per heavy atom.